The molecule has 336 valence electrons. The van der Waals surface area contributed by atoms with Gasteiger partial charge in [0.2, 0.25) is 11.8 Å². The van der Waals surface area contributed by atoms with E-state index in [0.29, 0.717) is 0 Å². The monoisotopic (exact) mass is 875 g/mol. The zero-order valence-corrected chi connectivity index (χ0v) is 40.7. The topological polar surface area (TPSA) is 174 Å². The Labute approximate surface area is 364 Å². The van der Waals surface area contributed by atoms with E-state index < -0.39 is 4.92 Å². The summed E-state index contributed by atoms with van der Waals surface area (Å²) in [4.78, 5) is 41.0. The van der Waals surface area contributed by atoms with Gasteiger partial charge in [-0.2, -0.15) is 0 Å². The van der Waals surface area contributed by atoms with Crippen molar-refractivity contribution in [1.29, 1.82) is 0 Å². The highest BCUT2D eigenvalue weighted by Gasteiger charge is 2.17. The number of hydrogen-bond donors (Lipinski definition) is 3. The van der Waals surface area contributed by atoms with Crippen LogP contribution in [0.15, 0.2) is 69.6 Å². The molecule has 1 heterocycles. The quantitative estimate of drug-likeness (QED) is 0.117. The van der Waals surface area contributed by atoms with E-state index in [1.54, 1.807) is 47.3 Å². The number of para-hydroxylation sites is 1. The number of thioether (sulfide) groups is 3. The Kier molecular flexibility index (Phi) is 40.5. The second-order valence-corrected chi connectivity index (χ2v) is 15.1. The summed E-state index contributed by atoms with van der Waals surface area (Å²) in [5.74, 6) is 1.87. The minimum atomic E-state index is -0.442. The van der Waals surface area contributed by atoms with E-state index in [0.717, 1.165) is 33.1 Å². The van der Waals surface area contributed by atoms with Gasteiger partial charge in [-0.3, -0.25) is 19.7 Å². The Bertz CT molecular complexity index is 1520. The van der Waals surface area contributed by atoms with Crippen LogP contribution in [0.2, 0.25) is 0 Å². The number of fused-ring (bicyclic) bond motifs is 1. The summed E-state index contributed by atoms with van der Waals surface area (Å²) in [7, 11) is 19.1. The van der Waals surface area contributed by atoms with Crippen molar-refractivity contribution in [3.8, 4) is 0 Å². The minimum absolute atomic E-state index is 0. The summed E-state index contributed by atoms with van der Waals surface area (Å²) in [6.07, 6.45) is 12.5. The molecular formula is C39H78N12O4S3. The molecule has 4 N–H and O–H groups in total. The number of benzene rings is 1. The fraction of sp³-hybridized carbons (Fsp3) is 0.590. The highest BCUT2D eigenvalue weighted by molar-refractivity contribution is 8.21. The standard InChI is InChI=1S/C11H14N4O.C10H21N3O.C6H13NS.C5H12N2.C4H7NO2S2.C2H7N.CH4/c1-8(14(3)9(2)16)15-11-7-5-4-6-10(11)12-13-15;1-7-10(12(4)5)11-8(2)13(6)9(3)14;1-5-6(8-4)7(2)3;1-4-5(6)7(2)3;1-8-4(9-2)3-5(6)7;1-3-2;/h4-8H,1-3H3;7-8,11H,1-6H3;5H,1-4H3;4H,6H2,1-3H3;3H,1-2H3;3H,1-2H3;1H4/b;10-7-;6-5+;5-4-;;;. The number of rotatable bonds is 12. The predicted molar refractivity (Wildman–Crippen MR) is 256 cm³/mol. The number of aromatic nitrogens is 3. The van der Waals surface area contributed by atoms with Gasteiger partial charge in [0.1, 0.15) is 15.9 Å². The molecule has 2 unspecified atom stereocenters. The van der Waals surface area contributed by atoms with Crippen molar-refractivity contribution in [2.45, 2.75) is 68.2 Å². The Balaban J connectivity index is -0.000000204. The maximum absolute atomic E-state index is 11.3. The Morgan fingerprint density at radius 1 is 0.828 bits per heavy atom. The minimum Gasteiger partial charge on any atom is -0.386 e. The van der Waals surface area contributed by atoms with Crippen LogP contribution in [0.25, 0.3) is 11.0 Å². The van der Waals surface area contributed by atoms with Crippen molar-refractivity contribution in [2.24, 2.45) is 5.73 Å². The number of carbonyl (C=O) groups is 2. The number of carbonyl (C=O) groups excluding carboxylic acids is 2. The molecule has 1 aromatic heterocycles. The third kappa shape index (κ3) is 29.2. The summed E-state index contributed by atoms with van der Waals surface area (Å²) < 4.78 is 2.47. The van der Waals surface area contributed by atoms with Crippen LogP contribution in [0.3, 0.4) is 0 Å². The molecule has 19 heteroatoms. The maximum atomic E-state index is 11.3. The van der Waals surface area contributed by atoms with Gasteiger partial charge in [0, 0.05) is 70.2 Å². The molecule has 0 bridgehead atoms. The molecule has 16 nitrogen and oxygen atoms in total. The highest BCUT2D eigenvalue weighted by atomic mass is 32.2. The first kappa shape index (κ1) is 63.1. The van der Waals surface area contributed by atoms with E-state index in [1.165, 1.54) is 35.5 Å². The smallest absolute Gasteiger partial charge is 0.254 e. The number of allylic oxidation sites excluding steroid dienone is 3. The Morgan fingerprint density at radius 2 is 1.31 bits per heavy atom. The van der Waals surface area contributed by atoms with Crippen LogP contribution in [-0.4, -0.2) is 152 Å². The van der Waals surface area contributed by atoms with E-state index in [2.05, 4.69) is 38.2 Å². The van der Waals surface area contributed by atoms with E-state index in [4.69, 9.17) is 5.73 Å². The van der Waals surface area contributed by atoms with Crippen LogP contribution in [0.4, 0.5) is 0 Å². The summed E-state index contributed by atoms with van der Waals surface area (Å²) in [5, 5.41) is 25.3. The summed E-state index contributed by atoms with van der Waals surface area (Å²) in [6.45, 7) is 12.9. The number of nitrogens with two attached hydrogens (primary N) is 1. The molecule has 2 amide bonds. The molecule has 1 aromatic carbocycles. The molecule has 2 rings (SSSR count). The number of nitrogens with zero attached hydrogens (tertiary/aromatic N) is 9. The number of nitrogens with one attached hydrogen (secondary N) is 2. The van der Waals surface area contributed by atoms with Crippen LogP contribution < -0.4 is 16.4 Å². The Morgan fingerprint density at radius 3 is 1.59 bits per heavy atom. The lowest BCUT2D eigenvalue weighted by Gasteiger charge is -2.29. The molecule has 0 radical (unpaired) electrons. The van der Waals surface area contributed by atoms with Gasteiger partial charge in [-0.05, 0) is 91.8 Å². The average molecular weight is 875 g/mol. The SMILES string of the molecule is C.C/C=C(/N)N(C)C.C/C=C(/NC(C)N(C)C(C)=O)N(C)C.C/C=C(/SC)N(C)C.CC(=O)N(C)C(C)n1nnc2ccccc21.CNC.CSC(=C[N+](=O)[O-])SC. The lowest BCUT2D eigenvalue weighted by molar-refractivity contribution is -0.402. The van der Waals surface area contributed by atoms with Crippen LogP contribution in [0.5, 0.6) is 0 Å². The van der Waals surface area contributed by atoms with E-state index in [1.807, 2.05) is 150 Å². The van der Waals surface area contributed by atoms with Crippen molar-refractivity contribution < 1.29 is 14.5 Å². The molecule has 0 aliphatic heterocycles. The number of hydrogen-bond acceptors (Lipinski definition) is 15. The fourth-order valence-corrected chi connectivity index (χ4v) is 5.39. The molecular weight excluding hydrogens is 797 g/mol. The summed E-state index contributed by atoms with van der Waals surface area (Å²) in [6, 6.07) is 7.70. The van der Waals surface area contributed by atoms with Crippen molar-refractivity contribution in [3.05, 3.63) is 79.7 Å². The first-order valence-corrected chi connectivity index (χ1v) is 21.6. The Hall–Kier alpha value is -4.07. The van der Waals surface area contributed by atoms with Crippen LogP contribution in [-0.2, 0) is 9.59 Å². The second-order valence-electron chi connectivity index (χ2n) is 12.3. The van der Waals surface area contributed by atoms with Crippen molar-refractivity contribution in [1.82, 2.24) is 50.1 Å². The molecule has 58 heavy (non-hydrogen) atoms. The largest absolute Gasteiger partial charge is 0.386 e. The fourth-order valence-electron chi connectivity index (χ4n) is 3.74. The third-order valence-electron chi connectivity index (χ3n) is 7.30. The first-order valence-electron chi connectivity index (χ1n) is 17.9. The van der Waals surface area contributed by atoms with Crippen molar-refractivity contribution in [3.63, 3.8) is 0 Å². The second kappa shape index (κ2) is 37.2. The van der Waals surface area contributed by atoms with E-state index in [-0.39, 0.29) is 31.6 Å². The normalized spacial score (nSPS) is 11.4. The lowest BCUT2D eigenvalue weighted by Crippen LogP contribution is -2.45. The summed E-state index contributed by atoms with van der Waals surface area (Å²) >= 11 is 4.53. The van der Waals surface area contributed by atoms with Crippen molar-refractivity contribution >= 4 is 58.1 Å². The highest BCUT2D eigenvalue weighted by Crippen LogP contribution is 2.22. The van der Waals surface area contributed by atoms with Gasteiger partial charge in [-0.25, -0.2) is 4.68 Å². The maximum Gasteiger partial charge on any atom is 0.254 e. The number of amides is 2. The number of nitro groups is 1. The molecule has 0 aliphatic rings. The van der Waals surface area contributed by atoms with Gasteiger partial charge in [-0.15, -0.1) is 40.4 Å². The van der Waals surface area contributed by atoms with Gasteiger partial charge in [0.15, 0.2) is 0 Å². The average Bonchev–Trinajstić information content (AvgIpc) is 3.60. The van der Waals surface area contributed by atoms with Gasteiger partial charge in [0.05, 0.1) is 33.3 Å². The third-order valence-corrected chi connectivity index (χ3v) is 10.3. The molecule has 0 spiro atoms. The predicted octanol–water partition coefficient (Wildman–Crippen LogP) is 6.65. The van der Waals surface area contributed by atoms with Gasteiger partial charge >= 0.3 is 0 Å². The molecule has 0 fully saturated rings. The van der Waals surface area contributed by atoms with E-state index in [9.17, 15) is 19.7 Å². The molecule has 0 aliphatic carbocycles. The molecule has 0 saturated carbocycles. The zero-order valence-electron chi connectivity index (χ0n) is 38.2. The lowest BCUT2D eigenvalue weighted by atomic mass is 10.3. The molecule has 2 atom stereocenters. The van der Waals surface area contributed by atoms with Crippen LogP contribution >= 0.6 is 35.3 Å². The molecule has 2 aromatic rings. The first-order chi connectivity index (χ1) is 26.5. The van der Waals surface area contributed by atoms with Crippen LogP contribution in [0, 0.1) is 10.1 Å². The zero-order chi connectivity index (χ0) is 45.4. The van der Waals surface area contributed by atoms with E-state index >= 15 is 0 Å². The van der Waals surface area contributed by atoms with Crippen LogP contribution in [0.1, 0.15) is 62.1 Å². The van der Waals surface area contributed by atoms with Gasteiger partial charge < -0.3 is 40.9 Å². The molecule has 0 saturated heterocycles. The van der Waals surface area contributed by atoms with Gasteiger partial charge in [-0.1, -0.05) is 30.8 Å². The van der Waals surface area contributed by atoms with Crippen molar-refractivity contribution in [2.75, 3.05) is 89.2 Å². The van der Waals surface area contributed by atoms with Gasteiger partial charge in [0.25, 0.3) is 6.20 Å². The summed E-state index contributed by atoms with van der Waals surface area (Å²) in [5.41, 5.74) is 7.18.